The van der Waals surface area contributed by atoms with Crippen LogP contribution in [0.15, 0.2) is 23.3 Å². The Morgan fingerprint density at radius 1 is 1.48 bits per heavy atom. The van der Waals surface area contributed by atoms with Crippen molar-refractivity contribution in [3.8, 4) is 0 Å². The predicted octanol–water partition coefficient (Wildman–Crippen LogP) is 0.385. The first kappa shape index (κ1) is 17.6. The van der Waals surface area contributed by atoms with Gasteiger partial charge in [0.25, 0.3) is 5.91 Å². The minimum Gasteiger partial charge on any atom is -0.443 e. The number of aliphatic hydroxyl groups is 1. The number of hydrogen-bond donors (Lipinski definition) is 3. The molecule has 1 unspecified atom stereocenters. The monoisotopic (exact) mass is 368 g/mol. The number of anilines is 1. The first-order valence-electron chi connectivity index (χ1n) is 7.66. The molecule has 1 fully saturated rings. The molecule has 134 valence electrons. The summed E-state index contributed by atoms with van der Waals surface area (Å²) in [6.45, 7) is 0.305. The lowest BCUT2D eigenvalue weighted by Crippen LogP contribution is -2.35. The largest absolute Gasteiger partial charge is 0.443 e. The molecule has 25 heavy (non-hydrogen) atoms. The number of carbonyl (C=O) groups is 2. The Hall–Kier alpha value is -2.17. The number of halogens is 1. The van der Waals surface area contributed by atoms with Crippen molar-refractivity contribution in [1.29, 1.82) is 0 Å². The van der Waals surface area contributed by atoms with Crippen molar-refractivity contribution in [3.05, 3.63) is 29.6 Å². The summed E-state index contributed by atoms with van der Waals surface area (Å²) in [5.74, 6) is -0.904. The van der Waals surface area contributed by atoms with E-state index in [2.05, 4.69) is 10.5 Å². The highest BCUT2D eigenvalue weighted by molar-refractivity contribution is 8.15. The summed E-state index contributed by atoms with van der Waals surface area (Å²) in [6, 6.07) is 4.29. The van der Waals surface area contributed by atoms with Gasteiger partial charge in [-0.3, -0.25) is 9.69 Å². The number of rotatable bonds is 5. The Kier molecular flexibility index (Phi) is 5.21. The number of carbonyl (C=O) groups excluding carboxylic acids is 2. The van der Waals surface area contributed by atoms with Crippen LogP contribution in [-0.2, 0) is 9.53 Å². The Balaban J connectivity index is 1.81. The van der Waals surface area contributed by atoms with E-state index in [1.807, 2.05) is 0 Å². The number of hydrazone groups is 1. The molecule has 1 aromatic rings. The molecule has 0 radical (unpaired) electrons. The number of benzene rings is 1. The summed E-state index contributed by atoms with van der Waals surface area (Å²) < 4.78 is 19.6. The Morgan fingerprint density at radius 2 is 2.28 bits per heavy atom. The van der Waals surface area contributed by atoms with Crippen molar-refractivity contribution < 1.29 is 23.8 Å². The lowest BCUT2D eigenvalue weighted by atomic mass is 10.2. The van der Waals surface area contributed by atoms with Gasteiger partial charge in [0, 0.05) is 18.7 Å². The number of hydrogen-bond acceptors (Lipinski definition) is 7. The molecule has 2 aliphatic rings. The van der Waals surface area contributed by atoms with Gasteiger partial charge in [-0.1, -0.05) is 11.8 Å². The molecule has 0 bridgehead atoms. The Morgan fingerprint density at radius 3 is 2.92 bits per heavy atom. The second-order valence-electron chi connectivity index (χ2n) is 5.53. The first-order chi connectivity index (χ1) is 12.0. The van der Waals surface area contributed by atoms with Crippen LogP contribution in [0.5, 0.6) is 0 Å². The van der Waals surface area contributed by atoms with E-state index in [0.717, 1.165) is 11.8 Å². The molecule has 2 amide bonds. The third-order valence-corrected chi connectivity index (χ3v) is 5.11. The third-order valence-electron chi connectivity index (χ3n) is 3.84. The van der Waals surface area contributed by atoms with E-state index >= 15 is 0 Å². The molecule has 8 nitrogen and oxygen atoms in total. The minimum absolute atomic E-state index is 0.154. The van der Waals surface area contributed by atoms with E-state index < -0.39 is 23.3 Å². The second-order valence-corrected chi connectivity index (χ2v) is 6.72. The molecule has 10 heteroatoms. The van der Waals surface area contributed by atoms with E-state index in [1.165, 1.54) is 17.0 Å². The van der Waals surface area contributed by atoms with Crippen LogP contribution in [0.3, 0.4) is 0 Å². The quantitative estimate of drug-likeness (QED) is 0.692. The van der Waals surface area contributed by atoms with Crippen molar-refractivity contribution >= 4 is 34.5 Å². The molecule has 3 rings (SSSR count). The first-order valence-corrected chi connectivity index (χ1v) is 8.54. The lowest BCUT2D eigenvalue weighted by molar-refractivity contribution is -0.120. The molecule has 1 aromatic carbocycles. The SMILES string of the molecule is NC[C@H]1CN(c2ccc(C3=NNC(=O)C(CCO)S3)c(F)c2)C(=O)O1. The zero-order valence-corrected chi connectivity index (χ0v) is 14.0. The number of aliphatic hydroxyl groups excluding tert-OH is 1. The summed E-state index contributed by atoms with van der Waals surface area (Å²) in [5, 5.41) is 12.7. The number of nitrogens with two attached hydrogens (primary N) is 1. The number of thioether (sulfide) groups is 1. The molecule has 2 atom stereocenters. The molecular formula is C15H17FN4O4S. The average molecular weight is 368 g/mol. The van der Waals surface area contributed by atoms with Crippen LogP contribution in [0.1, 0.15) is 12.0 Å². The van der Waals surface area contributed by atoms with Crippen molar-refractivity contribution in [1.82, 2.24) is 5.43 Å². The molecule has 0 aliphatic carbocycles. The molecule has 0 aromatic heterocycles. The number of nitrogens with zero attached hydrogens (tertiary/aromatic N) is 2. The standard InChI is InChI=1S/C15H17FN4O4S/c16-11-5-8(20-7-9(6-17)24-15(20)23)1-2-10(11)14-19-18-13(22)12(25-14)3-4-21/h1-2,5,9,12,21H,3-4,6-7,17H2,(H,18,22)/t9-,12?/m0/s1. The molecule has 4 N–H and O–H groups in total. The third kappa shape index (κ3) is 3.60. The molecule has 1 saturated heterocycles. The van der Waals surface area contributed by atoms with Crippen LogP contribution in [0.2, 0.25) is 0 Å². The smallest absolute Gasteiger partial charge is 0.414 e. The minimum atomic E-state index is -0.577. The van der Waals surface area contributed by atoms with Gasteiger partial charge in [-0.05, 0) is 24.6 Å². The average Bonchev–Trinajstić information content (AvgIpc) is 2.98. The van der Waals surface area contributed by atoms with Crippen LogP contribution in [0, 0.1) is 5.82 Å². The molecule has 2 heterocycles. The summed E-state index contributed by atoms with van der Waals surface area (Å²) in [7, 11) is 0. The fourth-order valence-electron chi connectivity index (χ4n) is 2.52. The molecule has 2 aliphatic heterocycles. The Labute approximate surface area is 147 Å². The van der Waals surface area contributed by atoms with Crippen LogP contribution >= 0.6 is 11.8 Å². The number of ether oxygens (including phenoxy) is 1. The van der Waals surface area contributed by atoms with E-state index in [4.69, 9.17) is 15.6 Å². The maximum absolute atomic E-state index is 14.5. The summed E-state index contributed by atoms with van der Waals surface area (Å²) in [4.78, 5) is 24.8. The maximum Gasteiger partial charge on any atom is 0.414 e. The number of nitrogens with one attached hydrogen (secondary N) is 1. The normalized spacial score (nSPS) is 23.3. The van der Waals surface area contributed by atoms with Crippen molar-refractivity contribution in [2.45, 2.75) is 17.8 Å². The van der Waals surface area contributed by atoms with Gasteiger partial charge in [-0.2, -0.15) is 5.10 Å². The van der Waals surface area contributed by atoms with Gasteiger partial charge in [0.1, 0.15) is 17.0 Å². The molecular weight excluding hydrogens is 351 g/mol. The predicted molar refractivity (Wildman–Crippen MR) is 90.8 cm³/mol. The number of amides is 2. The van der Waals surface area contributed by atoms with Crippen molar-refractivity contribution in [3.63, 3.8) is 0 Å². The van der Waals surface area contributed by atoms with Gasteiger partial charge >= 0.3 is 6.09 Å². The summed E-state index contributed by atoms with van der Waals surface area (Å²) in [6.07, 6.45) is -0.736. The summed E-state index contributed by atoms with van der Waals surface area (Å²) in [5.41, 5.74) is 8.39. The van der Waals surface area contributed by atoms with E-state index in [1.54, 1.807) is 6.07 Å². The van der Waals surface area contributed by atoms with Crippen molar-refractivity contribution in [2.24, 2.45) is 10.8 Å². The van der Waals surface area contributed by atoms with E-state index in [0.29, 0.717) is 10.7 Å². The van der Waals surface area contributed by atoms with E-state index in [-0.39, 0.29) is 37.6 Å². The Bertz CT molecular complexity index is 729. The topological polar surface area (TPSA) is 117 Å². The van der Waals surface area contributed by atoms with E-state index in [9.17, 15) is 14.0 Å². The zero-order chi connectivity index (χ0) is 18.0. The lowest BCUT2D eigenvalue weighted by Gasteiger charge is -2.21. The van der Waals surface area contributed by atoms with Gasteiger partial charge in [-0.15, -0.1) is 0 Å². The van der Waals surface area contributed by atoms with Crippen LogP contribution < -0.4 is 16.1 Å². The highest BCUT2D eigenvalue weighted by Crippen LogP contribution is 2.29. The van der Waals surface area contributed by atoms with Crippen LogP contribution in [-0.4, -0.2) is 53.2 Å². The molecule has 0 saturated carbocycles. The van der Waals surface area contributed by atoms with Crippen LogP contribution in [0.25, 0.3) is 0 Å². The fraction of sp³-hybridized carbons (Fsp3) is 0.400. The van der Waals surface area contributed by atoms with Gasteiger partial charge in [-0.25, -0.2) is 14.6 Å². The fourth-order valence-corrected chi connectivity index (χ4v) is 3.57. The van der Waals surface area contributed by atoms with Crippen molar-refractivity contribution in [2.75, 3.05) is 24.6 Å². The van der Waals surface area contributed by atoms with Crippen LogP contribution in [0.4, 0.5) is 14.9 Å². The number of cyclic esters (lactones) is 1. The zero-order valence-electron chi connectivity index (χ0n) is 13.1. The maximum atomic E-state index is 14.5. The molecule has 0 spiro atoms. The van der Waals surface area contributed by atoms with Gasteiger partial charge in [0.05, 0.1) is 17.5 Å². The van der Waals surface area contributed by atoms with Gasteiger partial charge in [0.15, 0.2) is 0 Å². The highest BCUT2D eigenvalue weighted by Gasteiger charge is 2.32. The van der Waals surface area contributed by atoms with Gasteiger partial charge in [0.2, 0.25) is 0 Å². The van der Waals surface area contributed by atoms with Gasteiger partial charge < -0.3 is 15.6 Å². The highest BCUT2D eigenvalue weighted by atomic mass is 32.2. The second kappa shape index (κ2) is 7.38. The summed E-state index contributed by atoms with van der Waals surface area (Å²) >= 11 is 1.09.